The monoisotopic (exact) mass is 218 g/mol. The molecular formula is C13H18N2O. The molecule has 1 rings (SSSR count). The van der Waals surface area contributed by atoms with E-state index in [1.54, 1.807) is 7.11 Å². The molecule has 1 N–H and O–H groups in total. The van der Waals surface area contributed by atoms with E-state index < -0.39 is 5.54 Å². The van der Waals surface area contributed by atoms with Gasteiger partial charge >= 0.3 is 0 Å². The lowest BCUT2D eigenvalue weighted by molar-refractivity contribution is 0.407. The first-order valence-electron chi connectivity index (χ1n) is 5.37. The summed E-state index contributed by atoms with van der Waals surface area (Å²) in [6, 6.07) is 10.2. The molecule has 1 aromatic rings. The van der Waals surface area contributed by atoms with Crippen molar-refractivity contribution in [2.24, 2.45) is 0 Å². The van der Waals surface area contributed by atoms with E-state index in [4.69, 9.17) is 10.00 Å². The van der Waals surface area contributed by atoms with E-state index in [1.807, 2.05) is 38.1 Å². The van der Waals surface area contributed by atoms with Crippen LogP contribution in [0.5, 0.6) is 5.75 Å². The number of hydrogen-bond donors (Lipinski definition) is 1. The van der Waals surface area contributed by atoms with Crippen molar-refractivity contribution in [1.82, 2.24) is 5.32 Å². The maximum absolute atomic E-state index is 8.85. The summed E-state index contributed by atoms with van der Waals surface area (Å²) in [6.45, 7) is 4.51. The van der Waals surface area contributed by atoms with Crippen molar-refractivity contribution in [2.75, 3.05) is 13.7 Å². The number of para-hydroxylation sites is 1. The van der Waals surface area contributed by atoms with Crippen LogP contribution in [0.2, 0.25) is 0 Å². The molecule has 0 atom stereocenters. The Balaban J connectivity index is 2.53. The van der Waals surface area contributed by atoms with Crippen LogP contribution in [0.3, 0.4) is 0 Å². The average Bonchev–Trinajstić information content (AvgIpc) is 2.29. The molecule has 0 radical (unpaired) electrons. The van der Waals surface area contributed by atoms with Crippen LogP contribution in [-0.4, -0.2) is 19.2 Å². The zero-order valence-corrected chi connectivity index (χ0v) is 10.1. The Labute approximate surface area is 97.0 Å². The third kappa shape index (κ3) is 3.56. The van der Waals surface area contributed by atoms with Crippen LogP contribution >= 0.6 is 0 Å². The first-order valence-corrected chi connectivity index (χ1v) is 5.37. The number of methoxy groups -OCH3 is 1. The predicted molar refractivity (Wildman–Crippen MR) is 64.4 cm³/mol. The number of benzene rings is 1. The van der Waals surface area contributed by atoms with E-state index in [1.165, 1.54) is 0 Å². The average molecular weight is 218 g/mol. The van der Waals surface area contributed by atoms with Gasteiger partial charge in [-0.2, -0.15) is 5.26 Å². The van der Waals surface area contributed by atoms with Crippen molar-refractivity contribution in [3.05, 3.63) is 29.8 Å². The molecule has 0 spiro atoms. The van der Waals surface area contributed by atoms with Crippen LogP contribution in [0.4, 0.5) is 0 Å². The molecule has 0 heterocycles. The summed E-state index contributed by atoms with van der Waals surface area (Å²) in [7, 11) is 1.67. The summed E-state index contributed by atoms with van der Waals surface area (Å²) in [6.07, 6.45) is 0.856. The molecule has 0 aliphatic rings. The van der Waals surface area contributed by atoms with E-state index in [-0.39, 0.29) is 0 Å². The van der Waals surface area contributed by atoms with Gasteiger partial charge in [0.05, 0.1) is 13.2 Å². The third-order valence-corrected chi connectivity index (χ3v) is 2.43. The number of rotatable bonds is 5. The van der Waals surface area contributed by atoms with E-state index in [0.717, 1.165) is 24.3 Å². The smallest absolute Gasteiger partial charge is 0.122 e. The van der Waals surface area contributed by atoms with Gasteiger partial charge in [-0.1, -0.05) is 18.2 Å². The number of nitrogens with one attached hydrogen (secondary N) is 1. The van der Waals surface area contributed by atoms with Crippen molar-refractivity contribution < 1.29 is 4.74 Å². The molecule has 0 fully saturated rings. The molecule has 0 aromatic heterocycles. The Bertz CT molecular complexity index is 380. The molecule has 0 saturated heterocycles. The summed E-state index contributed by atoms with van der Waals surface area (Å²) in [5.74, 6) is 0.902. The lowest BCUT2D eigenvalue weighted by atomic mass is 10.1. The highest BCUT2D eigenvalue weighted by atomic mass is 16.5. The molecule has 86 valence electrons. The summed E-state index contributed by atoms with van der Waals surface area (Å²) in [5, 5.41) is 12.0. The Morgan fingerprint density at radius 2 is 2.06 bits per heavy atom. The fraction of sp³-hybridized carbons (Fsp3) is 0.462. The highest BCUT2D eigenvalue weighted by Crippen LogP contribution is 2.17. The fourth-order valence-corrected chi connectivity index (χ4v) is 1.46. The van der Waals surface area contributed by atoms with Gasteiger partial charge in [0.25, 0.3) is 0 Å². The standard InChI is InChI=1S/C13H18N2O/c1-13(2,10-14)15-9-8-11-6-4-5-7-12(11)16-3/h4-7,15H,8-9H2,1-3H3. The Morgan fingerprint density at radius 3 is 2.69 bits per heavy atom. The minimum absolute atomic E-state index is 0.470. The maximum Gasteiger partial charge on any atom is 0.122 e. The van der Waals surface area contributed by atoms with Gasteiger partial charge in [-0.15, -0.1) is 0 Å². The van der Waals surface area contributed by atoms with E-state index in [2.05, 4.69) is 11.4 Å². The SMILES string of the molecule is COc1ccccc1CCNC(C)(C)C#N. The zero-order valence-electron chi connectivity index (χ0n) is 10.1. The summed E-state index contributed by atoms with van der Waals surface area (Å²) in [5.41, 5.74) is 0.688. The van der Waals surface area contributed by atoms with Crippen LogP contribution in [0, 0.1) is 11.3 Å². The van der Waals surface area contributed by atoms with Crippen molar-refractivity contribution >= 4 is 0 Å². The van der Waals surface area contributed by atoms with Gasteiger partial charge in [0.1, 0.15) is 11.3 Å². The van der Waals surface area contributed by atoms with Gasteiger partial charge in [-0.3, -0.25) is 5.32 Å². The molecule has 0 unspecified atom stereocenters. The van der Waals surface area contributed by atoms with Gasteiger partial charge in [0.2, 0.25) is 0 Å². The van der Waals surface area contributed by atoms with E-state index in [9.17, 15) is 0 Å². The van der Waals surface area contributed by atoms with Gasteiger partial charge in [0, 0.05) is 6.54 Å². The topological polar surface area (TPSA) is 45.0 Å². The van der Waals surface area contributed by atoms with Gasteiger partial charge < -0.3 is 4.74 Å². The quantitative estimate of drug-likeness (QED) is 0.823. The molecule has 16 heavy (non-hydrogen) atoms. The summed E-state index contributed by atoms with van der Waals surface area (Å²) >= 11 is 0. The zero-order chi connectivity index (χ0) is 12.0. The fourth-order valence-electron chi connectivity index (χ4n) is 1.46. The molecule has 3 nitrogen and oxygen atoms in total. The molecule has 0 saturated carbocycles. The van der Waals surface area contributed by atoms with Gasteiger partial charge in [0.15, 0.2) is 0 Å². The van der Waals surface area contributed by atoms with Crippen LogP contribution in [0.25, 0.3) is 0 Å². The number of ether oxygens (including phenoxy) is 1. The first kappa shape index (κ1) is 12.5. The van der Waals surface area contributed by atoms with E-state index >= 15 is 0 Å². The lowest BCUT2D eigenvalue weighted by Gasteiger charge is -2.17. The van der Waals surface area contributed by atoms with Crippen LogP contribution in [0.15, 0.2) is 24.3 Å². The number of nitrogens with zero attached hydrogens (tertiary/aromatic N) is 1. The second-order valence-electron chi connectivity index (χ2n) is 4.23. The van der Waals surface area contributed by atoms with Crippen LogP contribution in [0.1, 0.15) is 19.4 Å². The molecule has 0 aliphatic carbocycles. The Hall–Kier alpha value is -1.53. The Morgan fingerprint density at radius 1 is 1.38 bits per heavy atom. The molecule has 3 heteroatoms. The van der Waals surface area contributed by atoms with Gasteiger partial charge in [-0.25, -0.2) is 0 Å². The second-order valence-corrected chi connectivity index (χ2v) is 4.23. The van der Waals surface area contributed by atoms with Crippen molar-refractivity contribution in [2.45, 2.75) is 25.8 Å². The maximum atomic E-state index is 8.85. The number of nitriles is 1. The van der Waals surface area contributed by atoms with Crippen LogP contribution in [-0.2, 0) is 6.42 Å². The molecule has 0 aliphatic heterocycles. The largest absolute Gasteiger partial charge is 0.496 e. The summed E-state index contributed by atoms with van der Waals surface area (Å²) in [4.78, 5) is 0. The normalized spacial score (nSPS) is 10.9. The van der Waals surface area contributed by atoms with Crippen molar-refractivity contribution in [3.63, 3.8) is 0 Å². The van der Waals surface area contributed by atoms with Crippen molar-refractivity contribution in [1.29, 1.82) is 5.26 Å². The molecule has 1 aromatic carbocycles. The lowest BCUT2D eigenvalue weighted by Crippen LogP contribution is -2.38. The van der Waals surface area contributed by atoms with Crippen LogP contribution < -0.4 is 10.1 Å². The molecule has 0 bridgehead atoms. The first-order chi connectivity index (χ1) is 7.59. The predicted octanol–water partition coefficient (Wildman–Crippen LogP) is 2.13. The summed E-state index contributed by atoms with van der Waals surface area (Å²) < 4.78 is 5.26. The molecule has 0 amide bonds. The Kier molecular flexibility index (Phi) is 4.33. The van der Waals surface area contributed by atoms with Crippen molar-refractivity contribution in [3.8, 4) is 11.8 Å². The highest BCUT2D eigenvalue weighted by Gasteiger charge is 2.14. The highest BCUT2D eigenvalue weighted by molar-refractivity contribution is 5.33. The minimum Gasteiger partial charge on any atom is -0.496 e. The van der Waals surface area contributed by atoms with Gasteiger partial charge in [-0.05, 0) is 31.9 Å². The minimum atomic E-state index is -0.470. The number of hydrogen-bond acceptors (Lipinski definition) is 3. The third-order valence-electron chi connectivity index (χ3n) is 2.43. The molecular weight excluding hydrogens is 200 g/mol. The van der Waals surface area contributed by atoms with E-state index in [0.29, 0.717) is 0 Å². The second kappa shape index (κ2) is 5.53.